The standard InChI is InChI=1S/C15H15F3N6O/c1-9-7-10(3-4-11(9)15(16,17)18)14-20-12(5-6-25)21-24(14)13-8-19-22-23(13)2/h3-4,7-8,25H,5-6H2,1-2H3. The molecule has 10 heteroatoms. The van der Waals surface area contributed by atoms with Crippen molar-refractivity contribution < 1.29 is 18.3 Å². The van der Waals surface area contributed by atoms with Crippen LogP contribution in [0.3, 0.4) is 0 Å². The third-order valence-electron chi connectivity index (χ3n) is 3.68. The molecule has 7 nitrogen and oxygen atoms in total. The maximum Gasteiger partial charge on any atom is 0.416 e. The quantitative estimate of drug-likeness (QED) is 0.776. The monoisotopic (exact) mass is 352 g/mol. The predicted molar refractivity (Wildman–Crippen MR) is 81.9 cm³/mol. The van der Waals surface area contributed by atoms with E-state index in [4.69, 9.17) is 5.11 Å². The zero-order chi connectivity index (χ0) is 18.2. The lowest BCUT2D eigenvalue weighted by Gasteiger charge is -2.11. The molecule has 0 saturated heterocycles. The second-order valence-corrected chi connectivity index (χ2v) is 5.48. The average molecular weight is 352 g/mol. The Balaban J connectivity index is 2.13. The van der Waals surface area contributed by atoms with Gasteiger partial charge in [-0.3, -0.25) is 0 Å². The minimum atomic E-state index is -4.41. The number of nitrogens with zero attached hydrogens (tertiary/aromatic N) is 6. The van der Waals surface area contributed by atoms with Gasteiger partial charge in [0.1, 0.15) is 0 Å². The lowest BCUT2D eigenvalue weighted by atomic mass is 10.0. The van der Waals surface area contributed by atoms with E-state index in [0.29, 0.717) is 23.0 Å². The van der Waals surface area contributed by atoms with E-state index in [-0.39, 0.29) is 18.6 Å². The van der Waals surface area contributed by atoms with E-state index in [9.17, 15) is 13.2 Å². The lowest BCUT2D eigenvalue weighted by Crippen LogP contribution is -2.09. The Morgan fingerprint density at radius 2 is 2.00 bits per heavy atom. The summed E-state index contributed by atoms with van der Waals surface area (Å²) >= 11 is 0. The molecule has 1 N–H and O–H groups in total. The molecule has 0 aliphatic carbocycles. The van der Waals surface area contributed by atoms with Crippen LogP contribution in [-0.4, -0.2) is 41.5 Å². The largest absolute Gasteiger partial charge is 0.416 e. The van der Waals surface area contributed by atoms with E-state index < -0.39 is 11.7 Å². The van der Waals surface area contributed by atoms with Crippen molar-refractivity contribution in [1.82, 2.24) is 29.8 Å². The third-order valence-corrected chi connectivity index (χ3v) is 3.68. The van der Waals surface area contributed by atoms with Crippen molar-refractivity contribution in [1.29, 1.82) is 0 Å². The molecule has 0 saturated carbocycles. The van der Waals surface area contributed by atoms with Crippen LogP contribution in [0.25, 0.3) is 17.2 Å². The molecule has 0 spiro atoms. The Kier molecular flexibility index (Phi) is 4.29. The fourth-order valence-electron chi connectivity index (χ4n) is 2.50. The Bertz CT molecular complexity index is 899. The summed E-state index contributed by atoms with van der Waals surface area (Å²) in [5, 5.41) is 21.0. The number of rotatable bonds is 4. The second-order valence-electron chi connectivity index (χ2n) is 5.48. The van der Waals surface area contributed by atoms with Crippen molar-refractivity contribution in [3.63, 3.8) is 0 Å². The maximum atomic E-state index is 13.0. The van der Waals surface area contributed by atoms with E-state index in [1.165, 1.54) is 34.6 Å². The summed E-state index contributed by atoms with van der Waals surface area (Å²) in [6, 6.07) is 3.79. The first-order valence-corrected chi connectivity index (χ1v) is 7.41. The summed E-state index contributed by atoms with van der Waals surface area (Å²) < 4.78 is 41.8. The molecule has 0 fully saturated rings. The first-order valence-electron chi connectivity index (χ1n) is 7.41. The van der Waals surface area contributed by atoms with Gasteiger partial charge in [-0.05, 0) is 24.6 Å². The molecule has 0 atom stereocenters. The zero-order valence-corrected chi connectivity index (χ0v) is 13.5. The number of hydrogen-bond acceptors (Lipinski definition) is 5. The number of alkyl halides is 3. The van der Waals surface area contributed by atoms with Gasteiger partial charge in [0.2, 0.25) is 0 Å². The van der Waals surface area contributed by atoms with Gasteiger partial charge in [-0.2, -0.15) is 17.9 Å². The van der Waals surface area contributed by atoms with Gasteiger partial charge >= 0.3 is 6.18 Å². The molecular weight excluding hydrogens is 337 g/mol. The lowest BCUT2D eigenvalue weighted by molar-refractivity contribution is -0.138. The topological polar surface area (TPSA) is 81.7 Å². The summed E-state index contributed by atoms with van der Waals surface area (Å²) in [5.41, 5.74) is -0.130. The normalized spacial score (nSPS) is 11.9. The molecular formula is C15H15F3N6O. The number of aryl methyl sites for hydroxylation is 2. The molecule has 0 radical (unpaired) electrons. The molecule has 0 bridgehead atoms. The maximum absolute atomic E-state index is 13.0. The smallest absolute Gasteiger partial charge is 0.396 e. The van der Waals surface area contributed by atoms with Crippen LogP contribution in [0.1, 0.15) is 17.0 Å². The van der Waals surface area contributed by atoms with E-state index >= 15 is 0 Å². The second kappa shape index (κ2) is 6.28. The van der Waals surface area contributed by atoms with Crippen molar-refractivity contribution >= 4 is 0 Å². The highest BCUT2D eigenvalue weighted by Gasteiger charge is 2.32. The zero-order valence-electron chi connectivity index (χ0n) is 13.5. The summed E-state index contributed by atoms with van der Waals surface area (Å²) in [6.45, 7) is 1.26. The Morgan fingerprint density at radius 3 is 2.56 bits per heavy atom. The van der Waals surface area contributed by atoms with Gasteiger partial charge in [-0.15, -0.1) is 10.2 Å². The van der Waals surface area contributed by atoms with Crippen LogP contribution < -0.4 is 0 Å². The van der Waals surface area contributed by atoms with Crippen LogP contribution in [0.4, 0.5) is 13.2 Å². The van der Waals surface area contributed by atoms with Crippen molar-refractivity contribution in [2.24, 2.45) is 7.05 Å². The average Bonchev–Trinajstić information content (AvgIpc) is 3.12. The SMILES string of the molecule is Cc1cc(-c2nc(CCO)nn2-c2cnnn2C)ccc1C(F)(F)F. The van der Waals surface area contributed by atoms with Gasteiger partial charge < -0.3 is 5.11 Å². The molecule has 0 aliphatic heterocycles. The molecule has 132 valence electrons. The van der Waals surface area contributed by atoms with Crippen LogP contribution in [0, 0.1) is 6.92 Å². The molecule has 0 unspecified atom stereocenters. The van der Waals surface area contributed by atoms with E-state index in [1.54, 1.807) is 7.05 Å². The molecule has 0 aliphatic rings. The number of hydrogen-bond donors (Lipinski definition) is 1. The molecule has 3 rings (SSSR count). The fourth-order valence-corrected chi connectivity index (χ4v) is 2.50. The van der Waals surface area contributed by atoms with Crippen LogP contribution in [0.15, 0.2) is 24.4 Å². The highest BCUT2D eigenvalue weighted by molar-refractivity contribution is 5.59. The summed E-state index contributed by atoms with van der Waals surface area (Å²) in [4.78, 5) is 4.34. The number of aromatic nitrogens is 6. The third kappa shape index (κ3) is 3.25. The minimum absolute atomic E-state index is 0.0892. The molecule has 2 heterocycles. The van der Waals surface area contributed by atoms with Gasteiger partial charge in [0.15, 0.2) is 17.5 Å². The van der Waals surface area contributed by atoms with Crippen LogP contribution >= 0.6 is 0 Å². The van der Waals surface area contributed by atoms with Gasteiger partial charge in [-0.1, -0.05) is 11.3 Å². The Hall–Kier alpha value is -2.75. The predicted octanol–water partition coefficient (Wildman–Crippen LogP) is 1.92. The van der Waals surface area contributed by atoms with E-state index in [0.717, 1.165) is 6.07 Å². The molecule has 3 aromatic rings. The van der Waals surface area contributed by atoms with E-state index in [1.807, 2.05) is 0 Å². The molecule has 0 amide bonds. The first kappa shape index (κ1) is 17.1. The van der Waals surface area contributed by atoms with Crippen LogP contribution in [-0.2, 0) is 19.6 Å². The minimum Gasteiger partial charge on any atom is -0.396 e. The van der Waals surface area contributed by atoms with Crippen molar-refractivity contribution in [3.05, 3.63) is 41.3 Å². The summed E-state index contributed by atoms with van der Waals surface area (Å²) in [5.74, 6) is 1.23. The summed E-state index contributed by atoms with van der Waals surface area (Å²) in [6.07, 6.45) is -2.72. The van der Waals surface area contributed by atoms with Gasteiger partial charge in [0.05, 0.1) is 18.4 Å². The highest BCUT2D eigenvalue weighted by atomic mass is 19.4. The molecule has 25 heavy (non-hydrogen) atoms. The first-order chi connectivity index (χ1) is 11.8. The number of benzene rings is 1. The Labute approximate surface area is 140 Å². The van der Waals surface area contributed by atoms with Crippen LogP contribution in [0.5, 0.6) is 0 Å². The molecule has 2 aromatic heterocycles. The fraction of sp³-hybridized carbons (Fsp3) is 0.333. The highest BCUT2D eigenvalue weighted by Crippen LogP contribution is 2.34. The van der Waals surface area contributed by atoms with Gasteiger partial charge in [-0.25, -0.2) is 9.67 Å². The molecule has 1 aromatic carbocycles. The number of aliphatic hydroxyl groups excluding tert-OH is 1. The Morgan fingerprint density at radius 1 is 1.24 bits per heavy atom. The number of halogens is 3. The van der Waals surface area contributed by atoms with E-state index in [2.05, 4.69) is 20.4 Å². The van der Waals surface area contributed by atoms with Gasteiger partial charge in [0.25, 0.3) is 0 Å². The van der Waals surface area contributed by atoms with Crippen molar-refractivity contribution in [3.8, 4) is 17.2 Å². The van der Waals surface area contributed by atoms with Crippen molar-refractivity contribution in [2.75, 3.05) is 6.61 Å². The summed E-state index contributed by atoms with van der Waals surface area (Å²) in [7, 11) is 1.66. The van der Waals surface area contributed by atoms with Gasteiger partial charge in [0, 0.05) is 19.0 Å². The number of aliphatic hydroxyl groups is 1. The van der Waals surface area contributed by atoms with Crippen LogP contribution in [0.2, 0.25) is 0 Å². The van der Waals surface area contributed by atoms with Crippen molar-refractivity contribution in [2.45, 2.75) is 19.5 Å².